The molecule has 6 heteroatoms. The van der Waals surface area contributed by atoms with E-state index >= 15 is 0 Å². The normalized spacial score (nSPS) is 11.2. The Morgan fingerprint density at radius 3 is 2.76 bits per heavy atom. The van der Waals surface area contributed by atoms with Crippen LogP contribution < -0.4 is 0 Å². The van der Waals surface area contributed by atoms with Gasteiger partial charge >= 0.3 is 0 Å². The fourth-order valence-electron chi connectivity index (χ4n) is 1.63. The molecule has 1 N–H and O–H groups in total. The summed E-state index contributed by atoms with van der Waals surface area (Å²) in [5, 5.41) is 4.84. The maximum absolute atomic E-state index is 5.91. The lowest BCUT2D eigenvalue weighted by atomic mass is 10.2. The van der Waals surface area contributed by atoms with Gasteiger partial charge in [0, 0.05) is 10.9 Å². The summed E-state index contributed by atoms with van der Waals surface area (Å²) in [6, 6.07) is 1.74. The van der Waals surface area contributed by atoms with Crippen molar-refractivity contribution in [3.63, 3.8) is 0 Å². The molecule has 0 spiro atoms. The van der Waals surface area contributed by atoms with Crippen LogP contribution in [-0.4, -0.2) is 15.0 Å². The Hall–Kier alpha value is -1.10. The number of nitrogens with zero attached hydrogens (tertiary/aromatic N) is 2. The highest BCUT2D eigenvalue weighted by Crippen LogP contribution is 2.28. The van der Waals surface area contributed by atoms with E-state index in [0.717, 1.165) is 16.9 Å². The van der Waals surface area contributed by atoms with Gasteiger partial charge in [0.2, 0.25) is 0 Å². The number of aromatic amines is 1. The molecule has 0 unspecified atom stereocenters. The first-order valence-corrected chi connectivity index (χ1v) is 6.60. The third-order valence-electron chi connectivity index (χ3n) is 2.49. The van der Waals surface area contributed by atoms with Crippen molar-refractivity contribution in [2.24, 2.45) is 0 Å². The van der Waals surface area contributed by atoms with Crippen LogP contribution >= 0.6 is 34.5 Å². The summed E-state index contributed by atoms with van der Waals surface area (Å²) in [4.78, 5) is 11.7. The molecule has 3 aromatic heterocycles. The van der Waals surface area contributed by atoms with Crippen LogP contribution in [-0.2, 0) is 0 Å². The lowest BCUT2D eigenvalue weighted by Gasteiger charge is -1.92. The molecular weight excluding hydrogens is 277 g/mol. The average molecular weight is 284 g/mol. The molecular formula is C11H7Cl2N3S. The van der Waals surface area contributed by atoms with E-state index in [1.54, 1.807) is 17.4 Å². The molecule has 0 atom stereocenters. The minimum atomic E-state index is 0.277. The van der Waals surface area contributed by atoms with Gasteiger partial charge in [-0.2, -0.15) is 11.3 Å². The first kappa shape index (κ1) is 11.0. The van der Waals surface area contributed by atoms with Crippen LogP contribution in [0.1, 0.15) is 5.56 Å². The summed E-state index contributed by atoms with van der Waals surface area (Å²) in [5.74, 6) is 0.796. The second kappa shape index (κ2) is 3.98. The van der Waals surface area contributed by atoms with Crippen molar-refractivity contribution in [1.82, 2.24) is 15.0 Å². The number of halogens is 2. The van der Waals surface area contributed by atoms with E-state index in [0.29, 0.717) is 10.7 Å². The molecule has 3 rings (SSSR count). The summed E-state index contributed by atoms with van der Waals surface area (Å²) >= 11 is 13.4. The van der Waals surface area contributed by atoms with Crippen molar-refractivity contribution in [1.29, 1.82) is 0 Å². The van der Waals surface area contributed by atoms with Gasteiger partial charge in [-0.3, -0.25) is 0 Å². The molecule has 0 aliphatic heterocycles. The first-order chi connectivity index (χ1) is 8.15. The van der Waals surface area contributed by atoms with Crippen LogP contribution in [0.4, 0.5) is 0 Å². The Kier molecular flexibility index (Phi) is 2.58. The van der Waals surface area contributed by atoms with Gasteiger partial charge in [0.25, 0.3) is 0 Å². The fourth-order valence-corrected chi connectivity index (χ4v) is 2.75. The summed E-state index contributed by atoms with van der Waals surface area (Å²) in [6.45, 7) is 2.05. The molecule has 0 aliphatic rings. The van der Waals surface area contributed by atoms with Gasteiger partial charge in [-0.25, -0.2) is 9.97 Å². The molecule has 0 radical (unpaired) electrons. The van der Waals surface area contributed by atoms with Gasteiger partial charge in [-0.05, 0) is 23.9 Å². The first-order valence-electron chi connectivity index (χ1n) is 4.90. The predicted molar refractivity (Wildman–Crippen MR) is 72.0 cm³/mol. The number of aromatic nitrogens is 3. The van der Waals surface area contributed by atoms with E-state index in [1.807, 2.05) is 6.92 Å². The summed E-state index contributed by atoms with van der Waals surface area (Å²) in [6.07, 6.45) is 0. The zero-order chi connectivity index (χ0) is 12.0. The molecule has 17 heavy (non-hydrogen) atoms. The van der Waals surface area contributed by atoms with Gasteiger partial charge in [0.1, 0.15) is 11.0 Å². The van der Waals surface area contributed by atoms with Crippen LogP contribution in [0.5, 0.6) is 0 Å². The Balaban J connectivity index is 2.24. The van der Waals surface area contributed by atoms with E-state index in [9.17, 15) is 0 Å². The van der Waals surface area contributed by atoms with Crippen molar-refractivity contribution in [2.45, 2.75) is 6.92 Å². The third-order valence-corrected chi connectivity index (χ3v) is 4.03. The van der Waals surface area contributed by atoms with E-state index in [4.69, 9.17) is 23.2 Å². The molecule has 0 aliphatic carbocycles. The maximum atomic E-state index is 5.91. The Morgan fingerprint density at radius 1 is 1.24 bits per heavy atom. The van der Waals surface area contributed by atoms with Crippen LogP contribution in [0, 0.1) is 6.92 Å². The molecule has 0 saturated carbocycles. The van der Waals surface area contributed by atoms with Crippen molar-refractivity contribution >= 4 is 45.7 Å². The fraction of sp³-hybridized carbons (Fsp3) is 0.0909. The molecule has 0 amide bonds. The number of hydrogen-bond acceptors (Lipinski definition) is 3. The monoisotopic (exact) mass is 283 g/mol. The smallest absolute Gasteiger partial charge is 0.179 e. The van der Waals surface area contributed by atoms with Crippen LogP contribution in [0.3, 0.4) is 0 Å². The van der Waals surface area contributed by atoms with Gasteiger partial charge in [0.05, 0.1) is 10.5 Å². The molecule has 0 saturated heterocycles. The molecule has 3 nitrogen and oxygen atoms in total. The number of imidazole rings is 1. The molecule has 3 aromatic rings. The molecule has 0 aromatic carbocycles. The average Bonchev–Trinajstić information content (AvgIpc) is 2.85. The van der Waals surface area contributed by atoms with Gasteiger partial charge in [-0.1, -0.05) is 23.2 Å². The SMILES string of the molecule is Cc1cscc1-c1nc2nc(Cl)c(Cl)cc2[nH]1. The Bertz CT molecular complexity index is 663. The number of H-pyrrole nitrogens is 1. The summed E-state index contributed by atoms with van der Waals surface area (Å²) < 4.78 is 0. The number of aryl methyl sites for hydroxylation is 1. The molecule has 3 heterocycles. The third kappa shape index (κ3) is 1.82. The highest BCUT2D eigenvalue weighted by atomic mass is 35.5. The lowest BCUT2D eigenvalue weighted by Crippen LogP contribution is -1.80. The van der Waals surface area contributed by atoms with E-state index in [-0.39, 0.29) is 5.15 Å². The number of pyridine rings is 1. The Labute approximate surface area is 111 Å². The van der Waals surface area contributed by atoms with Crippen molar-refractivity contribution in [3.05, 3.63) is 32.6 Å². The van der Waals surface area contributed by atoms with Gasteiger partial charge < -0.3 is 4.98 Å². The quantitative estimate of drug-likeness (QED) is 0.677. The van der Waals surface area contributed by atoms with Crippen LogP contribution in [0.25, 0.3) is 22.6 Å². The van der Waals surface area contributed by atoms with Gasteiger partial charge in [0.15, 0.2) is 5.65 Å². The zero-order valence-corrected chi connectivity index (χ0v) is 11.1. The second-order valence-corrected chi connectivity index (χ2v) is 5.19. The number of hydrogen-bond donors (Lipinski definition) is 1. The number of fused-ring (bicyclic) bond motifs is 1. The van der Waals surface area contributed by atoms with Crippen molar-refractivity contribution in [2.75, 3.05) is 0 Å². The molecule has 0 fully saturated rings. The summed E-state index contributed by atoms with van der Waals surface area (Å²) in [5.41, 5.74) is 3.64. The number of nitrogens with one attached hydrogen (secondary N) is 1. The Morgan fingerprint density at radius 2 is 2.06 bits per heavy atom. The summed E-state index contributed by atoms with van der Waals surface area (Å²) in [7, 11) is 0. The maximum Gasteiger partial charge on any atom is 0.179 e. The minimum Gasteiger partial charge on any atom is -0.336 e. The topological polar surface area (TPSA) is 41.6 Å². The second-order valence-electron chi connectivity index (χ2n) is 3.69. The molecule has 86 valence electrons. The highest BCUT2D eigenvalue weighted by molar-refractivity contribution is 7.08. The standard InChI is InChI=1S/C11H7Cl2N3S/c1-5-3-17-4-6(5)10-14-8-2-7(12)9(13)15-11(8)16-10/h2-4H,1H3,(H,14,15,16). The minimum absolute atomic E-state index is 0.277. The van der Waals surface area contributed by atoms with Crippen molar-refractivity contribution < 1.29 is 0 Å². The van der Waals surface area contributed by atoms with Crippen LogP contribution in [0.2, 0.25) is 10.2 Å². The predicted octanol–water partition coefficient (Wildman–Crippen LogP) is 4.30. The van der Waals surface area contributed by atoms with E-state index in [2.05, 4.69) is 25.7 Å². The molecule has 0 bridgehead atoms. The highest BCUT2D eigenvalue weighted by Gasteiger charge is 2.11. The van der Waals surface area contributed by atoms with Gasteiger partial charge in [-0.15, -0.1) is 0 Å². The van der Waals surface area contributed by atoms with Crippen LogP contribution in [0.15, 0.2) is 16.8 Å². The van der Waals surface area contributed by atoms with Crippen molar-refractivity contribution in [3.8, 4) is 11.4 Å². The lowest BCUT2D eigenvalue weighted by molar-refractivity contribution is 1.29. The zero-order valence-electron chi connectivity index (χ0n) is 8.79. The number of thiophene rings is 1. The largest absolute Gasteiger partial charge is 0.336 e. The number of rotatable bonds is 1. The van der Waals surface area contributed by atoms with E-state index in [1.165, 1.54) is 5.56 Å². The van der Waals surface area contributed by atoms with E-state index < -0.39 is 0 Å².